The Morgan fingerprint density at radius 3 is 2.30 bits per heavy atom. The van der Waals surface area contributed by atoms with Gasteiger partial charge in [0.25, 0.3) is 0 Å². The molecule has 27 heavy (non-hydrogen) atoms. The molecule has 9 nitrogen and oxygen atoms in total. The van der Waals surface area contributed by atoms with Crippen molar-refractivity contribution in [2.45, 2.75) is 56.6 Å². The van der Waals surface area contributed by atoms with Crippen molar-refractivity contribution in [3.05, 3.63) is 11.4 Å². The van der Waals surface area contributed by atoms with E-state index in [-0.39, 0.29) is 40.9 Å². The highest BCUT2D eigenvalue weighted by atomic mass is 32.2. The van der Waals surface area contributed by atoms with E-state index in [4.69, 9.17) is 0 Å². The van der Waals surface area contributed by atoms with Gasteiger partial charge in [0.2, 0.25) is 15.9 Å². The summed E-state index contributed by atoms with van der Waals surface area (Å²) in [6.45, 7) is 3.14. The maximum atomic E-state index is 13.0. The van der Waals surface area contributed by atoms with Crippen molar-refractivity contribution in [3.8, 4) is 0 Å². The number of sulfonamides is 1. The van der Waals surface area contributed by atoms with Crippen LogP contribution in [0.3, 0.4) is 0 Å². The zero-order valence-corrected chi connectivity index (χ0v) is 17.7. The van der Waals surface area contributed by atoms with Crippen LogP contribution in [-0.4, -0.2) is 79.4 Å². The predicted octanol–water partition coefficient (Wildman–Crippen LogP) is -0.0717. The van der Waals surface area contributed by atoms with Crippen molar-refractivity contribution in [1.82, 2.24) is 19.0 Å². The van der Waals surface area contributed by atoms with E-state index in [0.29, 0.717) is 17.8 Å². The number of hydrogen-bond donors (Lipinski definition) is 0. The molecule has 0 radical (unpaired) electrons. The summed E-state index contributed by atoms with van der Waals surface area (Å²) < 4.78 is 51.2. The number of aryl methyl sites for hydroxylation is 1. The van der Waals surface area contributed by atoms with Gasteiger partial charge < -0.3 is 4.90 Å². The van der Waals surface area contributed by atoms with Crippen LogP contribution in [0.1, 0.15) is 30.7 Å². The van der Waals surface area contributed by atoms with E-state index in [1.54, 1.807) is 18.7 Å². The number of rotatable bonds is 6. The first kappa shape index (κ1) is 20.3. The fraction of sp³-hybridized carbons (Fsp3) is 0.750. The minimum absolute atomic E-state index is 0.00656. The molecule has 0 spiro atoms. The molecule has 3 rings (SSSR count). The standard InChI is InChI=1S/C16H26N4O5S2/c1-11-16(27(24,25)18(3)4)12(2)19(17-11)9-15(21)20(13-5-6-13)14-7-8-26(22,23)10-14/h13-14H,5-10H2,1-4H3/t14-/m0/s1. The number of nitrogens with zero attached hydrogens (tertiary/aromatic N) is 4. The molecule has 2 fully saturated rings. The minimum Gasteiger partial charge on any atom is -0.334 e. The van der Waals surface area contributed by atoms with Crippen molar-refractivity contribution in [3.63, 3.8) is 0 Å². The summed E-state index contributed by atoms with van der Waals surface area (Å²) in [5.74, 6) is -0.0923. The molecule has 0 bridgehead atoms. The third kappa shape index (κ3) is 3.90. The first-order valence-electron chi connectivity index (χ1n) is 8.92. The lowest BCUT2D eigenvalue weighted by Crippen LogP contribution is -2.44. The highest BCUT2D eigenvalue weighted by Gasteiger charge is 2.42. The molecule has 1 atom stereocenters. The second kappa shape index (κ2) is 6.85. The Labute approximate surface area is 160 Å². The fourth-order valence-corrected chi connectivity index (χ4v) is 6.62. The van der Waals surface area contributed by atoms with E-state index >= 15 is 0 Å². The zero-order chi connectivity index (χ0) is 20.1. The predicted molar refractivity (Wildman–Crippen MR) is 99.5 cm³/mol. The van der Waals surface area contributed by atoms with E-state index in [9.17, 15) is 21.6 Å². The highest BCUT2D eigenvalue weighted by Crippen LogP contribution is 2.32. The molecule has 0 N–H and O–H groups in total. The van der Waals surface area contributed by atoms with Crippen LogP contribution in [0.15, 0.2) is 4.90 Å². The van der Waals surface area contributed by atoms with Gasteiger partial charge in [-0.05, 0) is 33.1 Å². The van der Waals surface area contributed by atoms with Crippen LogP contribution in [-0.2, 0) is 31.2 Å². The molecular formula is C16H26N4O5S2. The van der Waals surface area contributed by atoms with Crippen molar-refractivity contribution in [2.75, 3.05) is 25.6 Å². The van der Waals surface area contributed by atoms with Crippen molar-refractivity contribution < 1.29 is 21.6 Å². The van der Waals surface area contributed by atoms with Crippen LogP contribution in [0.25, 0.3) is 0 Å². The van der Waals surface area contributed by atoms with E-state index in [2.05, 4.69) is 5.10 Å². The van der Waals surface area contributed by atoms with Crippen LogP contribution in [0.5, 0.6) is 0 Å². The minimum atomic E-state index is -3.66. The van der Waals surface area contributed by atoms with Gasteiger partial charge in [-0.25, -0.2) is 21.1 Å². The Hall–Kier alpha value is -1.46. The molecule has 1 amide bonds. The molecular weight excluding hydrogens is 392 g/mol. The number of carbonyl (C=O) groups is 1. The van der Waals surface area contributed by atoms with Gasteiger partial charge >= 0.3 is 0 Å². The van der Waals surface area contributed by atoms with Crippen molar-refractivity contribution >= 4 is 25.8 Å². The first-order valence-corrected chi connectivity index (χ1v) is 12.2. The Morgan fingerprint density at radius 2 is 1.81 bits per heavy atom. The molecule has 2 heterocycles. The molecule has 152 valence electrons. The monoisotopic (exact) mass is 418 g/mol. The fourth-order valence-electron chi connectivity index (χ4n) is 3.65. The maximum Gasteiger partial charge on any atom is 0.246 e. The van der Waals surface area contributed by atoms with Crippen molar-refractivity contribution in [1.29, 1.82) is 0 Å². The summed E-state index contributed by atoms with van der Waals surface area (Å²) in [6.07, 6.45) is 2.21. The van der Waals surface area contributed by atoms with E-state index < -0.39 is 19.9 Å². The van der Waals surface area contributed by atoms with Crippen LogP contribution >= 0.6 is 0 Å². The number of hydrogen-bond acceptors (Lipinski definition) is 6. The lowest BCUT2D eigenvalue weighted by atomic mass is 10.2. The summed E-state index contributed by atoms with van der Waals surface area (Å²) >= 11 is 0. The Bertz CT molecular complexity index is 961. The number of amides is 1. The van der Waals surface area contributed by atoms with Crippen LogP contribution in [0.2, 0.25) is 0 Å². The Kier molecular flexibility index (Phi) is 5.15. The largest absolute Gasteiger partial charge is 0.334 e. The topological polar surface area (TPSA) is 110 Å². The van der Waals surface area contributed by atoms with Gasteiger partial charge in [-0.1, -0.05) is 0 Å². The van der Waals surface area contributed by atoms with Gasteiger partial charge in [0.05, 0.1) is 22.9 Å². The number of carbonyl (C=O) groups excluding carboxylic acids is 1. The molecule has 1 saturated carbocycles. The van der Waals surface area contributed by atoms with Gasteiger partial charge in [0, 0.05) is 26.2 Å². The van der Waals surface area contributed by atoms with Gasteiger partial charge in [0.1, 0.15) is 11.4 Å². The third-order valence-electron chi connectivity index (χ3n) is 5.17. The Morgan fingerprint density at radius 1 is 1.19 bits per heavy atom. The molecule has 11 heteroatoms. The van der Waals surface area contributed by atoms with Crippen molar-refractivity contribution in [2.24, 2.45) is 0 Å². The summed E-state index contributed by atoms with van der Waals surface area (Å²) in [6, 6.07) is -0.213. The van der Waals surface area contributed by atoms with Crippen LogP contribution < -0.4 is 0 Å². The maximum absolute atomic E-state index is 13.0. The quantitative estimate of drug-likeness (QED) is 0.640. The van der Waals surface area contributed by atoms with Crippen LogP contribution in [0.4, 0.5) is 0 Å². The SMILES string of the molecule is Cc1nn(CC(=O)N(C2CC2)[C@H]2CCS(=O)(=O)C2)c(C)c1S(=O)(=O)N(C)C. The highest BCUT2D eigenvalue weighted by molar-refractivity contribution is 7.91. The Balaban J connectivity index is 1.85. The summed E-state index contributed by atoms with van der Waals surface area (Å²) in [5, 5.41) is 4.26. The molecule has 2 aliphatic rings. The van der Waals surface area contributed by atoms with E-state index in [1.807, 2.05) is 0 Å². The molecule has 1 aromatic heterocycles. The smallest absolute Gasteiger partial charge is 0.246 e. The molecule has 0 unspecified atom stereocenters. The number of sulfone groups is 1. The average molecular weight is 419 g/mol. The number of aromatic nitrogens is 2. The van der Waals surface area contributed by atoms with E-state index in [0.717, 1.165) is 17.1 Å². The second-order valence-corrected chi connectivity index (χ2v) is 11.9. The lowest BCUT2D eigenvalue weighted by molar-refractivity contribution is -0.134. The average Bonchev–Trinajstić information content (AvgIpc) is 3.23. The van der Waals surface area contributed by atoms with Gasteiger partial charge in [0.15, 0.2) is 9.84 Å². The van der Waals surface area contributed by atoms with Crippen LogP contribution in [0, 0.1) is 13.8 Å². The normalized spacial score (nSPS) is 22.3. The summed E-state index contributed by atoms with van der Waals surface area (Å²) in [4.78, 5) is 14.8. The first-order chi connectivity index (χ1) is 12.4. The zero-order valence-electron chi connectivity index (χ0n) is 16.0. The molecule has 1 aliphatic heterocycles. The second-order valence-electron chi connectivity index (χ2n) is 7.53. The van der Waals surface area contributed by atoms with Gasteiger partial charge in [-0.3, -0.25) is 9.48 Å². The summed E-state index contributed by atoms with van der Waals surface area (Å²) in [7, 11) is -3.86. The van der Waals surface area contributed by atoms with Gasteiger partial charge in [-0.2, -0.15) is 5.10 Å². The molecule has 1 aromatic rings. The molecule has 0 aromatic carbocycles. The summed E-state index contributed by atoms with van der Waals surface area (Å²) in [5.41, 5.74) is 0.750. The third-order valence-corrected chi connectivity index (χ3v) is 8.99. The molecule has 1 saturated heterocycles. The molecule has 1 aliphatic carbocycles. The van der Waals surface area contributed by atoms with E-state index in [1.165, 1.54) is 18.8 Å². The lowest BCUT2D eigenvalue weighted by Gasteiger charge is -2.28. The van der Waals surface area contributed by atoms with Gasteiger partial charge in [-0.15, -0.1) is 0 Å².